The van der Waals surface area contributed by atoms with Gasteiger partial charge in [-0.3, -0.25) is 24.4 Å². The van der Waals surface area contributed by atoms with Crippen molar-refractivity contribution in [2.45, 2.75) is 32.9 Å². The molecule has 0 radical (unpaired) electrons. The fraction of sp³-hybridized carbons (Fsp3) is 0.353. The Balaban J connectivity index is 1.78. The molecule has 0 unspecified atom stereocenters. The molecule has 0 aliphatic carbocycles. The summed E-state index contributed by atoms with van der Waals surface area (Å²) >= 11 is 0. The Hall–Kier alpha value is -3.23. The molecular formula is C17H21N5O4. The molecule has 0 saturated heterocycles. The molecule has 138 valence electrons. The first-order valence-corrected chi connectivity index (χ1v) is 8.19. The summed E-state index contributed by atoms with van der Waals surface area (Å²) in [5.74, 6) is -0.858. The summed E-state index contributed by atoms with van der Waals surface area (Å²) in [6, 6.07) is 4.60. The lowest BCUT2D eigenvalue weighted by molar-refractivity contribution is -0.384. The second-order valence-electron chi connectivity index (χ2n) is 5.93. The molecular weight excluding hydrogens is 338 g/mol. The van der Waals surface area contributed by atoms with E-state index in [4.69, 9.17) is 0 Å². The predicted molar refractivity (Wildman–Crippen MR) is 94.6 cm³/mol. The van der Waals surface area contributed by atoms with Gasteiger partial charge in [-0.05, 0) is 31.9 Å². The monoisotopic (exact) mass is 359 g/mol. The van der Waals surface area contributed by atoms with Crippen LogP contribution in [0, 0.1) is 17.0 Å². The molecule has 26 heavy (non-hydrogen) atoms. The Bertz CT molecular complexity index is 802. The van der Waals surface area contributed by atoms with Gasteiger partial charge in [0.1, 0.15) is 6.04 Å². The first-order chi connectivity index (χ1) is 12.4. The van der Waals surface area contributed by atoms with E-state index in [2.05, 4.69) is 15.7 Å². The van der Waals surface area contributed by atoms with Crippen LogP contribution in [-0.4, -0.2) is 39.1 Å². The highest BCUT2D eigenvalue weighted by Crippen LogP contribution is 2.13. The molecule has 1 atom stereocenters. The number of carbonyl (C=O) groups excluding carboxylic acids is 2. The van der Waals surface area contributed by atoms with Crippen LogP contribution in [0.5, 0.6) is 0 Å². The van der Waals surface area contributed by atoms with Gasteiger partial charge < -0.3 is 10.6 Å². The normalized spacial score (nSPS) is 11.6. The third-order valence-electron chi connectivity index (χ3n) is 3.69. The van der Waals surface area contributed by atoms with Crippen molar-refractivity contribution in [2.75, 3.05) is 6.54 Å². The molecule has 0 spiro atoms. The highest BCUT2D eigenvalue weighted by Gasteiger charge is 2.17. The van der Waals surface area contributed by atoms with E-state index in [9.17, 15) is 19.7 Å². The second-order valence-corrected chi connectivity index (χ2v) is 5.93. The Morgan fingerprint density at radius 1 is 1.38 bits per heavy atom. The average Bonchev–Trinajstić information content (AvgIpc) is 3.03. The summed E-state index contributed by atoms with van der Waals surface area (Å²) in [7, 11) is 0. The molecule has 1 heterocycles. The summed E-state index contributed by atoms with van der Waals surface area (Å²) in [6.07, 6.45) is 4.40. The Kier molecular flexibility index (Phi) is 6.42. The van der Waals surface area contributed by atoms with Crippen molar-refractivity contribution < 1.29 is 14.5 Å². The number of aryl methyl sites for hydroxylation is 2. The zero-order chi connectivity index (χ0) is 19.1. The van der Waals surface area contributed by atoms with E-state index < -0.39 is 16.9 Å². The highest BCUT2D eigenvalue weighted by molar-refractivity contribution is 5.97. The summed E-state index contributed by atoms with van der Waals surface area (Å²) in [5, 5.41) is 20.2. The van der Waals surface area contributed by atoms with E-state index in [1.54, 1.807) is 17.8 Å². The smallest absolute Gasteiger partial charge is 0.270 e. The molecule has 0 fully saturated rings. The van der Waals surface area contributed by atoms with Crippen molar-refractivity contribution in [1.29, 1.82) is 0 Å². The number of carbonyl (C=O) groups is 2. The maximum Gasteiger partial charge on any atom is 0.270 e. The lowest BCUT2D eigenvalue weighted by Gasteiger charge is -2.14. The van der Waals surface area contributed by atoms with E-state index in [0.717, 1.165) is 5.56 Å². The number of amides is 2. The Morgan fingerprint density at radius 2 is 2.15 bits per heavy atom. The molecule has 2 amide bonds. The first-order valence-electron chi connectivity index (χ1n) is 8.19. The van der Waals surface area contributed by atoms with E-state index in [0.29, 0.717) is 19.5 Å². The third-order valence-corrected chi connectivity index (χ3v) is 3.69. The molecule has 2 N–H and O–H groups in total. The van der Waals surface area contributed by atoms with Crippen LogP contribution in [-0.2, 0) is 11.3 Å². The zero-order valence-corrected chi connectivity index (χ0v) is 14.6. The molecule has 1 aromatic heterocycles. The van der Waals surface area contributed by atoms with Crippen LogP contribution in [0.15, 0.2) is 36.7 Å². The number of hydrogen-bond acceptors (Lipinski definition) is 5. The van der Waals surface area contributed by atoms with Crippen LogP contribution >= 0.6 is 0 Å². The van der Waals surface area contributed by atoms with Gasteiger partial charge in [-0.2, -0.15) is 5.10 Å². The van der Waals surface area contributed by atoms with Crippen LogP contribution in [0.3, 0.4) is 0 Å². The fourth-order valence-corrected chi connectivity index (χ4v) is 2.30. The average molecular weight is 359 g/mol. The number of nitro groups is 1. The van der Waals surface area contributed by atoms with Gasteiger partial charge in [0.25, 0.3) is 11.6 Å². The van der Waals surface area contributed by atoms with E-state index in [-0.39, 0.29) is 17.2 Å². The molecule has 9 nitrogen and oxygen atoms in total. The van der Waals surface area contributed by atoms with Gasteiger partial charge in [-0.15, -0.1) is 0 Å². The summed E-state index contributed by atoms with van der Waals surface area (Å²) in [5.41, 5.74) is 1.03. The SMILES string of the molecule is Cc1cnn(CCCNC(=O)[C@H](C)NC(=O)c2cccc([N+](=O)[O-])c2)c1. The molecule has 9 heteroatoms. The predicted octanol–water partition coefficient (Wildman–Crippen LogP) is 1.42. The number of benzene rings is 1. The van der Waals surface area contributed by atoms with Crippen molar-refractivity contribution in [2.24, 2.45) is 0 Å². The number of nitro benzene ring substituents is 1. The van der Waals surface area contributed by atoms with E-state index in [1.807, 2.05) is 13.1 Å². The number of aromatic nitrogens is 2. The maximum absolute atomic E-state index is 12.1. The highest BCUT2D eigenvalue weighted by atomic mass is 16.6. The number of nitrogens with one attached hydrogen (secondary N) is 2. The van der Waals surface area contributed by atoms with Crippen LogP contribution in [0.1, 0.15) is 29.3 Å². The fourth-order valence-electron chi connectivity index (χ4n) is 2.30. The summed E-state index contributed by atoms with van der Waals surface area (Å²) < 4.78 is 1.80. The maximum atomic E-state index is 12.1. The standard InChI is InChI=1S/C17H21N5O4/c1-12-10-19-21(11-12)8-4-7-18-16(23)13(2)20-17(24)14-5-3-6-15(9-14)22(25)26/h3,5-6,9-11,13H,4,7-8H2,1-2H3,(H,18,23)(H,20,24)/t13-/m0/s1. The number of rotatable bonds is 8. The quantitative estimate of drug-likeness (QED) is 0.420. The minimum Gasteiger partial charge on any atom is -0.354 e. The molecule has 1 aromatic carbocycles. The Labute approximate surface area is 150 Å². The number of hydrogen-bond donors (Lipinski definition) is 2. The van der Waals surface area contributed by atoms with Gasteiger partial charge in [0.15, 0.2) is 0 Å². The van der Waals surface area contributed by atoms with Crippen LogP contribution in [0.25, 0.3) is 0 Å². The largest absolute Gasteiger partial charge is 0.354 e. The Morgan fingerprint density at radius 3 is 2.81 bits per heavy atom. The van der Waals surface area contributed by atoms with Crippen LogP contribution < -0.4 is 10.6 Å². The van der Waals surface area contributed by atoms with Crippen molar-refractivity contribution in [3.05, 3.63) is 57.9 Å². The van der Waals surface area contributed by atoms with Gasteiger partial charge in [0.05, 0.1) is 11.1 Å². The van der Waals surface area contributed by atoms with E-state index >= 15 is 0 Å². The molecule has 2 rings (SSSR count). The van der Waals surface area contributed by atoms with Gasteiger partial charge in [0.2, 0.25) is 5.91 Å². The van der Waals surface area contributed by atoms with Gasteiger partial charge >= 0.3 is 0 Å². The lowest BCUT2D eigenvalue weighted by atomic mass is 10.1. The lowest BCUT2D eigenvalue weighted by Crippen LogP contribution is -2.45. The molecule has 0 saturated carbocycles. The molecule has 0 aliphatic rings. The third kappa shape index (κ3) is 5.40. The first kappa shape index (κ1) is 19.1. The van der Waals surface area contributed by atoms with Crippen LogP contribution in [0.4, 0.5) is 5.69 Å². The summed E-state index contributed by atoms with van der Waals surface area (Å²) in [4.78, 5) is 34.4. The topological polar surface area (TPSA) is 119 Å². The van der Waals surface area contributed by atoms with Gasteiger partial charge in [-0.25, -0.2) is 0 Å². The van der Waals surface area contributed by atoms with Crippen molar-refractivity contribution >= 4 is 17.5 Å². The number of nitrogens with zero attached hydrogens (tertiary/aromatic N) is 3. The van der Waals surface area contributed by atoms with Crippen molar-refractivity contribution in [3.8, 4) is 0 Å². The molecule has 0 bridgehead atoms. The molecule has 2 aromatic rings. The van der Waals surface area contributed by atoms with Crippen molar-refractivity contribution in [1.82, 2.24) is 20.4 Å². The molecule has 0 aliphatic heterocycles. The van der Waals surface area contributed by atoms with Gasteiger partial charge in [0, 0.05) is 37.0 Å². The minimum atomic E-state index is -0.756. The number of non-ortho nitro benzene ring substituents is 1. The van der Waals surface area contributed by atoms with Crippen LogP contribution in [0.2, 0.25) is 0 Å². The summed E-state index contributed by atoms with van der Waals surface area (Å²) in [6.45, 7) is 4.65. The minimum absolute atomic E-state index is 0.132. The van der Waals surface area contributed by atoms with E-state index in [1.165, 1.54) is 24.3 Å². The zero-order valence-electron chi connectivity index (χ0n) is 14.6. The second kappa shape index (κ2) is 8.75. The van der Waals surface area contributed by atoms with Gasteiger partial charge in [-0.1, -0.05) is 6.07 Å². The van der Waals surface area contributed by atoms with Crippen molar-refractivity contribution in [3.63, 3.8) is 0 Å².